The van der Waals surface area contributed by atoms with E-state index in [4.69, 9.17) is 9.90 Å². The van der Waals surface area contributed by atoms with E-state index in [1.165, 1.54) is 0 Å². The molecule has 0 fully saturated rings. The summed E-state index contributed by atoms with van der Waals surface area (Å²) in [6.45, 7) is 6.00. The van der Waals surface area contributed by atoms with Crippen LogP contribution in [0.5, 0.6) is 0 Å². The number of carboxylic acid groups (broad SMARTS) is 1. The molecule has 0 aliphatic rings. The number of halogens is 1. The van der Waals surface area contributed by atoms with Crippen LogP contribution in [0, 0.1) is 0 Å². The van der Waals surface area contributed by atoms with Gasteiger partial charge in [0.1, 0.15) is 0 Å². The smallest absolute Gasteiger partial charge is 0.456 e. The molecule has 0 aromatic rings. The van der Waals surface area contributed by atoms with Gasteiger partial charge >= 0.3 is 6.22 Å². The SMILES string of the molecule is C=C.O=C(O)F. The van der Waals surface area contributed by atoms with Gasteiger partial charge in [0, 0.05) is 0 Å². The normalized spacial score (nSPS) is 4.83. The Morgan fingerprint density at radius 3 is 1.67 bits per heavy atom. The first-order valence-corrected chi connectivity index (χ1v) is 1.12. The lowest BCUT2D eigenvalue weighted by molar-refractivity contribution is 0.169. The predicted molar refractivity (Wildman–Crippen MR) is 20.4 cm³/mol. The molecule has 36 valence electrons. The average Bonchev–Trinajstić information content (AvgIpc) is 1.41. The van der Waals surface area contributed by atoms with E-state index in [2.05, 4.69) is 13.2 Å². The molecule has 0 aromatic carbocycles. The summed E-state index contributed by atoms with van der Waals surface area (Å²) < 4.78 is 9.92. The van der Waals surface area contributed by atoms with Gasteiger partial charge in [-0.25, -0.2) is 4.79 Å². The highest BCUT2D eigenvalue weighted by molar-refractivity contribution is 5.54. The standard InChI is InChI=1S/C2H4.CHFO2/c1-2;2-1(3)4/h1-2H2;(H,3,4). The van der Waals surface area contributed by atoms with Gasteiger partial charge in [-0.3, -0.25) is 0 Å². The van der Waals surface area contributed by atoms with Crippen LogP contribution in [0.2, 0.25) is 0 Å². The zero-order valence-corrected chi connectivity index (χ0v) is 3.15. The van der Waals surface area contributed by atoms with Crippen LogP contribution in [0.25, 0.3) is 0 Å². The maximum atomic E-state index is 9.92. The van der Waals surface area contributed by atoms with Crippen LogP contribution >= 0.6 is 0 Å². The minimum atomic E-state index is -2.33. The zero-order valence-electron chi connectivity index (χ0n) is 3.15. The van der Waals surface area contributed by atoms with Crippen molar-refractivity contribution in [3.05, 3.63) is 13.2 Å². The van der Waals surface area contributed by atoms with E-state index in [0.717, 1.165) is 0 Å². The van der Waals surface area contributed by atoms with Gasteiger partial charge in [-0.1, -0.05) is 0 Å². The molecule has 1 N–H and O–H groups in total. The van der Waals surface area contributed by atoms with Crippen LogP contribution in [-0.2, 0) is 0 Å². The highest BCUT2D eigenvalue weighted by Gasteiger charge is 1.74. The minimum Gasteiger partial charge on any atom is -0.456 e. The Bertz CT molecular complexity index is 40.1. The first-order chi connectivity index (χ1) is 2.73. The Labute approximate surface area is 34.9 Å². The molecule has 6 heavy (non-hydrogen) atoms. The van der Waals surface area contributed by atoms with E-state index in [0.29, 0.717) is 0 Å². The molecule has 0 saturated heterocycles. The molecule has 0 aromatic heterocycles. The van der Waals surface area contributed by atoms with Crippen LogP contribution in [0.3, 0.4) is 0 Å². The highest BCUT2D eigenvalue weighted by atomic mass is 19.1. The fourth-order valence-electron chi connectivity index (χ4n) is 0. The maximum absolute atomic E-state index is 9.92. The molecule has 0 radical (unpaired) electrons. The van der Waals surface area contributed by atoms with Gasteiger partial charge in [0.15, 0.2) is 0 Å². The van der Waals surface area contributed by atoms with Crippen molar-refractivity contribution in [3.8, 4) is 0 Å². The highest BCUT2D eigenvalue weighted by Crippen LogP contribution is 1.58. The molecule has 0 amide bonds. The second-order valence-corrected chi connectivity index (χ2v) is 0.253. The quantitative estimate of drug-likeness (QED) is 0.362. The van der Waals surface area contributed by atoms with E-state index in [1.807, 2.05) is 0 Å². The Kier molecular flexibility index (Phi) is 13.3. The number of rotatable bonds is 0. The summed E-state index contributed by atoms with van der Waals surface area (Å²) in [6, 6.07) is 0. The van der Waals surface area contributed by atoms with Crippen LogP contribution in [0.15, 0.2) is 13.2 Å². The van der Waals surface area contributed by atoms with Crippen molar-refractivity contribution < 1.29 is 14.3 Å². The summed E-state index contributed by atoms with van der Waals surface area (Å²) in [4.78, 5) is 8.33. The van der Waals surface area contributed by atoms with E-state index in [9.17, 15) is 4.39 Å². The third-order valence-corrected chi connectivity index (χ3v) is 0. The fourth-order valence-corrected chi connectivity index (χ4v) is 0. The molecule has 3 heteroatoms. The molecular weight excluding hydrogens is 87.0 g/mol. The Morgan fingerprint density at radius 2 is 1.67 bits per heavy atom. The predicted octanol–water partition coefficient (Wildman–Crippen LogP) is 1.44. The first-order valence-electron chi connectivity index (χ1n) is 1.12. The molecule has 0 unspecified atom stereocenters. The lowest BCUT2D eigenvalue weighted by Gasteiger charge is -1.53. The van der Waals surface area contributed by atoms with Gasteiger partial charge in [0.25, 0.3) is 0 Å². The van der Waals surface area contributed by atoms with Crippen molar-refractivity contribution in [2.75, 3.05) is 0 Å². The molecule has 0 spiro atoms. The number of carbonyl (C=O) groups is 1. The lowest BCUT2D eigenvalue weighted by Crippen LogP contribution is -1.69. The molecule has 0 atom stereocenters. The molecule has 0 rings (SSSR count). The van der Waals surface area contributed by atoms with Crippen LogP contribution in [0.4, 0.5) is 9.18 Å². The van der Waals surface area contributed by atoms with Crippen LogP contribution < -0.4 is 0 Å². The topological polar surface area (TPSA) is 37.3 Å². The summed E-state index contributed by atoms with van der Waals surface area (Å²) in [5.74, 6) is 0. The van der Waals surface area contributed by atoms with Crippen molar-refractivity contribution in [3.63, 3.8) is 0 Å². The Balaban J connectivity index is 0. The van der Waals surface area contributed by atoms with Gasteiger partial charge in [0.05, 0.1) is 0 Å². The van der Waals surface area contributed by atoms with Gasteiger partial charge in [-0.2, -0.15) is 0 Å². The van der Waals surface area contributed by atoms with E-state index in [1.54, 1.807) is 0 Å². The van der Waals surface area contributed by atoms with Crippen molar-refractivity contribution in [1.82, 2.24) is 0 Å². The number of hydrogen-bond donors (Lipinski definition) is 1. The zero-order chi connectivity index (χ0) is 5.58. The van der Waals surface area contributed by atoms with Gasteiger partial charge in [-0.15, -0.1) is 17.5 Å². The summed E-state index contributed by atoms with van der Waals surface area (Å²) in [5.41, 5.74) is 0. The third kappa shape index (κ3) is 19.4. The fraction of sp³-hybridized carbons (Fsp3) is 0. The monoisotopic (exact) mass is 92.0 g/mol. The van der Waals surface area contributed by atoms with E-state index in [-0.39, 0.29) is 0 Å². The largest absolute Gasteiger partial charge is 0.492 e. The third-order valence-electron chi connectivity index (χ3n) is 0. The summed E-state index contributed by atoms with van der Waals surface area (Å²) in [5, 5.41) is 6.75. The molecule has 0 aliphatic heterocycles. The maximum Gasteiger partial charge on any atom is 0.492 e. The van der Waals surface area contributed by atoms with Crippen molar-refractivity contribution in [2.45, 2.75) is 0 Å². The van der Waals surface area contributed by atoms with Crippen LogP contribution in [-0.4, -0.2) is 11.3 Å². The van der Waals surface area contributed by atoms with Gasteiger partial charge < -0.3 is 5.11 Å². The van der Waals surface area contributed by atoms with Gasteiger partial charge in [0.2, 0.25) is 0 Å². The number of hydrogen-bond acceptors (Lipinski definition) is 1. The average molecular weight is 92.1 g/mol. The second kappa shape index (κ2) is 8.91. The van der Waals surface area contributed by atoms with Crippen molar-refractivity contribution >= 4 is 6.22 Å². The molecular formula is C3H5FO2. The molecule has 0 heterocycles. The van der Waals surface area contributed by atoms with E-state index < -0.39 is 6.22 Å². The van der Waals surface area contributed by atoms with Gasteiger partial charge in [-0.05, 0) is 0 Å². The summed E-state index contributed by atoms with van der Waals surface area (Å²) in [7, 11) is 0. The summed E-state index contributed by atoms with van der Waals surface area (Å²) >= 11 is 0. The molecule has 0 aliphatic carbocycles. The van der Waals surface area contributed by atoms with Crippen LogP contribution in [0.1, 0.15) is 0 Å². The minimum absolute atomic E-state index is 2.33. The molecule has 2 nitrogen and oxygen atoms in total. The van der Waals surface area contributed by atoms with Crippen molar-refractivity contribution in [2.24, 2.45) is 0 Å². The first kappa shape index (κ1) is 8.94. The lowest BCUT2D eigenvalue weighted by atomic mass is 11.3. The van der Waals surface area contributed by atoms with E-state index >= 15 is 0 Å². The summed E-state index contributed by atoms with van der Waals surface area (Å²) in [6.07, 6.45) is -2.33. The molecule has 0 saturated carbocycles. The Morgan fingerprint density at radius 1 is 1.67 bits per heavy atom. The Hall–Kier alpha value is -0.860. The molecule has 0 bridgehead atoms. The van der Waals surface area contributed by atoms with Crippen molar-refractivity contribution in [1.29, 1.82) is 0 Å². The second-order valence-electron chi connectivity index (χ2n) is 0.253.